The highest BCUT2D eigenvalue weighted by atomic mass is 127. The molecule has 2 aliphatic heterocycles. The lowest BCUT2D eigenvalue weighted by atomic mass is 9.96. The van der Waals surface area contributed by atoms with Crippen LogP contribution in [-0.4, -0.2) is 48.0 Å². The van der Waals surface area contributed by atoms with Crippen molar-refractivity contribution in [2.75, 3.05) is 13.1 Å². The third kappa shape index (κ3) is 4.73. The van der Waals surface area contributed by atoms with E-state index in [4.69, 9.17) is 4.74 Å². The molecule has 2 fully saturated rings. The summed E-state index contributed by atoms with van der Waals surface area (Å²) in [6.07, 6.45) is 4.88. The third-order valence-electron chi connectivity index (χ3n) is 4.11. The summed E-state index contributed by atoms with van der Waals surface area (Å²) in [7, 11) is 0. The minimum atomic E-state index is -0.729. The van der Waals surface area contributed by atoms with Crippen LogP contribution in [0.4, 0.5) is 0 Å². The van der Waals surface area contributed by atoms with E-state index in [1.165, 1.54) is 6.42 Å². The van der Waals surface area contributed by atoms with Crippen molar-refractivity contribution in [2.45, 2.75) is 70.3 Å². The molecule has 0 aliphatic carbocycles. The van der Waals surface area contributed by atoms with Crippen molar-refractivity contribution in [3.8, 4) is 0 Å². The Labute approximate surface area is 139 Å². The first kappa shape index (κ1) is 18.0. The summed E-state index contributed by atoms with van der Waals surface area (Å²) in [6.45, 7) is 7.08. The van der Waals surface area contributed by atoms with Gasteiger partial charge in [0.05, 0.1) is 30.4 Å². The van der Waals surface area contributed by atoms with Gasteiger partial charge in [0, 0.05) is 6.54 Å². The van der Waals surface area contributed by atoms with Crippen molar-refractivity contribution in [3.05, 3.63) is 0 Å². The zero-order valence-corrected chi connectivity index (χ0v) is 15.0. The number of aliphatic hydroxyl groups is 1. The molecule has 5 nitrogen and oxygen atoms in total. The highest BCUT2D eigenvalue weighted by molar-refractivity contribution is 14.0. The Bertz CT molecular complexity index is 336. The van der Waals surface area contributed by atoms with E-state index in [9.17, 15) is 5.11 Å². The van der Waals surface area contributed by atoms with E-state index in [1.54, 1.807) is 0 Å². The lowest BCUT2D eigenvalue weighted by molar-refractivity contribution is 0.0656. The molecule has 2 heterocycles. The molecule has 118 valence electrons. The summed E-state index contributed by atoms with van der Waals surface area (Å²) in [5.41, 5.74) is -0.729. The molecule has 0 radical (unpaired) electrons. The van der Waals surface area contributed by atoms with Crippen LogP contribution in [0.5, 0.6) is 0 Å². The minimum Gasteiger partial charge on any atom is -0.388 e. The molecular weight excluding hydrogens is 369 g/mol. The fraction of sp³-hybridized carbons (Fsp3) is 0.929. The normalized spacial score (nSPS) is 31.6. The number of nitrogens with zero attached hydrogens (tertiary/aromatic N) is 1. The molecule has 0 saturated carbocycles. The smallest absolute Gasteiger partial charge is 0.191 e. The maximum absolute atomic E-state index is 10.0. The lowest BCUT2D eigenvalue weighted by Crippen LogP contribution is -2.48. The maximum atomic E-state index is 10.0. The standard InChI is InChI=1S/C14H27N3O2.HI/c1-4-14(3,18)9-16-13(15-5-2)17-11-8-10-6-7-12(11)19-10;/h10-12,18H,4-9H2,1-3H3,(H2,15,16,17);1H. The van der Waals surface area contributed by atoms with Gasteiger partial charge in [-0.05, 0) is 39.5 Å². The number of guanidine groups is 1. The zero-order valence-electron chi connectivity index (χ0n) is 12.7. The van der Waals surface area contributed by atoms with Crippen LogP contribution < -0.4 is 10.6 Å². The van der Waals surface area contributed by atoms with Gasteiger partial charge in [0.2, 0.25) is 0 Å². The van der Waals surface area contributed by atoms with Gasteiger partial charge in [-0.15, -0.1) is 24.0 Å². The summed E-state index contributed by atoms with van der Waals surface area (Å²) in [5.74, 6) is 0.789. The van der Waals surface area contributed by atoms with Crippen LogP contribution in [0.25, 0.3) is 0 Å². The number of hydrogen-bond acceptors (Lipinski definition) is 3. The van der Waals surface area contributed by atoms with Crippen LogP contribution in [0.2, 0.25) is 0 Å². The van der Waals surface area contributed by atoms with Gasteiger partial charge in [0.15, 0.2) is 5.96 Å². The van der Waals surface area contributed by atoms with Crippen molar-refractivity contribution in [1.29, 1.82) is 0 Å². The van der Waals surface area contributed by atoms with E-state index in [0.29, 0.717) is 31.2 Å². The molecule has 4 atom stereocenters. The molecule has 2 aliphatic rings. The predicted octanol–water partition coefficient (Wildman–Crippen LogP) is 1.64. The topological polar surface area (TPSA) is 65.9 Å². The van der Waals surface area contributed by atoms with Crippen molar-refractivity contribution in [3.63, 3.8) is 0 Å². The van der Waals surface area contributed by atoms with E-state index in [1.807, 2.05) is 20.8 Å². The second-order valence-corrected chi connectivity index (χ2v) is 5.91. The molecule has 3 N–H and O–H groups in total. The lowest BCUT2D eigenvalue weighted by Gasteiger charge is -2.24. The highest BCUT2D eigenvalue weighted by Crippen LogP contribution is 2.34. The number of rotatable bonds is 5. The molecule has 2 rings (SSSR count). The quantitative estimate of drug-likeness (QED) is 0.375. The van der Waals surface area contributed by atoms with Crippen molar-refractivity contribution >= 4 is 29.9 Å². The van der Waals surface area contributed by atoms with Gasteiger partial charge in [0.1, 0.15) is 0 Å². The molecule has 2 bridgehead atoms. The fourth-order valence-electron chi connectivity index (χ4n) is 2.65. The van der Waals surface area contributed by atoms with Gasteiger partial charge in [0.25, 0.3) is 0 Å². The molecule has 0 aromatic heterocycles. The fourth-order valence-corrected chi connectivity index (χ4v) is 2.65. The first-order valence-electron chi connectivity index (χ1n) is 7.46. The summed E-state index contributed by atoms with van der Waals surface area (Å²) in [6, 6.07) is 0.364. The molecule has 6 heteroatoms. The summed E-state index contributed by atoms with van der Waals surface area (Å²) >= 11 is 0. The van der Waals surface area contributed by atoms with E-state index < -0.39 is 5.60 Å². The maximum Gasteiger partial charge on any atom is 0.191 e. The van der Waals surface area contributed by atoms with E-state index >= 15 is 0 Å². The average molecular weight is 397 g/mol. The van der Waals surface area contributed by atoms with E-state index in [-0.39, 0.29) is 24.0 Å². The Morgan fingerprint density at radius 2 is 2.15 bits per heavy atom. The molecule has 4 unspecified atom stereocenters. The van der Waals surface area contributed by atoms with E-state index in [0.717, 1.165) is 25.3 Å². The van der Waals surface area contributed by atoms with Gasteiger partial charge in [-0.2, -0.15) is 0 Å². The minimum absolute atomic E-state index is 0. The van der Waals surface area contributed by atoms with Crippen LogP contribution >= 0.6 is 24.0 Å². The number of fused-ring (bicyclic) bond motifs is 2. The second-order valence-electron chi connectivity index (χ2n) is 5.91. The number of nitrogens with one attached hydrogen (secondary N) is 2. The second kappa shape index (κ2) is 7.79. The van der Waals surface area contributed by atoms with Gasteiger partial charge in [-0.25, -0.2) is 0 Å². The Morgan fingerprint density at radius 1 is 1.40 bits per heavy atom. The Balaban J connectivity index is 0.00000200. The third-order valence-corrected chi connectivity index (χ3v) is 4.11. The van der Waals surface area contributed by atoms with Gasteiger partial charge < -0.3 is 20.5 Å². The van der Waals surface area contributed by atoms with E-state index in [2.05, 4.69) is 15.6 Å². The molecule has 0 amide bonds. The summed E-state index contributed by atoms with van der Waals surface area (Å²) in [5, 5.41) is 16.7. The number of halogens is 1. The van der Waals surface area contributed by atoms with Gasteiger partial charge in [-0.1, -0.05) is 6.92 Å². The first-order valence-corrected chi connectivity index (χ1v) is 7.46. The molecule has 0 aromatic carbocycles. The molecular formula is C14H28IN3O2. The van der Waals surface area contributed by atoms with Gasteiger partial charge in [-0.3, -0.25) is 4.99 Å². The Hall–Kier alpha value is -0.0800. The molecule has 0 aromatic rings. The Morgan fingerprint density at radius 3 is 2.65 bits per heavy atom. The molecule has 2 saturated heterocycles. The first-order chi connectivity index (χ1) is 9.04. The van der Waals surface area contributed by atoms with Crippen LogP contribution in [0, 0.1) is 0 Å². The highest BCUT2D eigenvalue weighted by Gasteiger charge is 2.41. The summed E-state index contributed by atoms with van der Waals surface area (Å²) < 4.78 is 5.84. The predicted molar refractivity (Wildman–Crippen MR) is 91.7 cm³/mol. The van der Waals surface area contributed by atoms with Crippen LogP contribution in [0.3, 0.4) is 0 Å². The van der Waals surface area contributed by atoms with Crippen LogP contribution in [0.1, 0.15) is 46.5 Å². The van der Waals surface area contributed by atoms with Gasteiger partial charge >= 0.3 is 0 Å². The monoisotopic (exact) mass is 397 g/mol. The van der Waals surface area contributed by atoms with Crippen LogP contribution in [0.15, 0.2) is 4.99 Å². The number of hydrogen-bond donors (Lipinski definition) is 3. The molecule has 20 heavy (non-hydrogen) atoms. The largest absolute Gasteiger partial charge is 0.388 e. The van der Waals surface area contributed by atoms with Crippen molar-refractivity contribution < 1.29 is 9.84 Å². The number of ether oxygens (including phenoxy) is 1. The zero-order chi connectivity index (χ0) is 13.9. The average Bonchev–Trinajstić information content (AvgIpc) is 2.98. The Kier molecular flexibility index (Phi) is 7.00. The SMILES string of the molecule is CCNC(=NCC(C)(O)CC)NC1CC2CCC1O2.I. The van der Waals surface area contributed by atoms with Crippen LogP contribution in [-0.2, 0) is 4.74 Å². The van der Waals surface area contributed by atoms with Crippen molar-refractivity contribution in [2.24, 2.45) is 4.99 Å². The molecule has 0 spiro atoms. The number of aliphatic imine (C=N–C) groups is 1. The van der Waals surface area contributed by atoms with Crippen molar-refractivity contribution in [1.82, 2.24) is 10.6 Å². The summed E-state index contributed by atoms with van der Waals surface area (Å²) in [4.78, 5) is 4.49.